The summed E-state index contributed by atoms with van der Waals surface area (Å²) in [4.78, 5) is 10.9. The molecule has 2 aromatic carbocycles. The minimum Gasteiger partial charge on any atom is -0.478 e. The summed E-state index contributed by atoms with van der Waals surface area (Å²) in [5.74, 6) is -0.873. The molecule has 2 heteroatoms. The summed E-state index contributed by atoms with van der Waals surface area (Å²) in [6, 6.07) is 11.5. The molecular weight excluding hydrogens is 212 g/mol. The molecule has 0 aliphatic heterocycles. The average Bonchev–Trinajstić information content (AvgIpc) is 2.35. The Kier molecular flexibility index (Phi) is 3.43. The molecule has 2 aromatic rings. The van der Waals surface area contributed by atoms with Crippen molar-refractivity contribution in [3.63, 3.8) is 0 Å². The number of hydrogen-bond donors (Lipinski definition) is 1. The SMILES string of the molecule is CCCCc1ccc2cc(C(=O)O)ccc2c1. The van der Waals surface area contributed by atoms with E-state index in [0.29, 0.717) is 5.56 Å². The summed E-state index contributed by atoms with van der Waals surface area (Å²) in [5, 5.41) is 11.0. The smallest absolute Gasteiger partial charge is 0.335 e. The zero-order valence-electron chi connectivity index (χ0n) is 9.94. The second-order valence-corrected chi connectivity index (χ2v) is 4.30. The van der Waals surface area contributed by atoms with Crippen molar-refractivity contribution in [1.82, 2.24) is 0 Å². The van der Waals surface area contributed by atoms with Crippen molar-refractivity contribution in [2.75, 3.05) is 0 Å². The maximum atomic E-state index is 10.9. The van der Waals surface area contributed by atoms with Gasteiger partial charge < -0.3 is 5.11 Å². The summed E-state index contributed by atoms with van der Waals surface area (Å²) in [6.45, 7) is 2.18. The predicted octanol–water partition coefficient (Wildman–Crippen LogP) is 3.88. The van der Waals surface area contributed by atoms with Gasteiger partial charge in [-0.3, -0.25) is 0 Å². The highest BCUT2D eigenvalue weighted by molar-refractivity contribution is 5.94. The van der Waals surface area contributed by atoms with E-state index in [0.717, 1.165) is 17.2 Å². The molecule has 0 fully saturated rings. The van der Waals surface area contributed by atoms with E-state index in [1.165, 1.54) is 18.4 Å². The van der Waals surface area contributed by atoms with Crippen molar-refractivity contribution in [3.05, 3.63) is 47.5 Å². The number of carbonyl (C=O) groups is 1. The largest absolute Gasteiger partial charge is 0.478 e. The van der Waals surface area contributed by atoms with Crippen LogP contribution < -0.4 is 0 Å². The molecule has 0 aromatic heterocycles. The van der Waals surface area contributed by atoms with Crippen molar-refractivity contribution in [2.45, 2.75) is 26.2 Å². The molecule has 2 rings (SSSR count). The molecule has 0 saturated heterocycles. The molecule has 0 amide bonds. The number of aromatic carboxylic acids is 1. The molecule has 0 spiro atoms. The fourth-order valence-electron chi connectivity index (χ4n) is 1.96. The highest BCUT2D eigenvalue weighted by atomic mass is 16.4. The van der Waals surface area contributed by atoms with Crippen LogP contribution in [0.4, 0.5) is 0 Å². The molecule has 17 heavy (non-hydrogen) atoms. The van der Waals surface area contributed by atoms with Gasteiger partial charge in [-0.1, -0.05) is 37.6 Å². The number of benzene rings is 2. The maximum absolute atomic E-state index is 10.9. The predicted molar refractivity (Wildman–Crippen MR) is 69.5 cm³/mol. The van der Waals surface area contributed by atoms with Gasteiger partial charge in [0.1, 0.15) is 0 Å². The molecule has 88 valence electrons. The van der Waals surface area contributed by atoms with E-state index in [-0.39, 0.29) is 0 Å². The lowest BCUT2D eigenvalue weighted by Gasteiger charge is -2.04. The monoisotopic (exact) mass is 228 g/mol. The first-order valence-electron chi connectivity index (χ1n) is 5.96. The van der Waals surface area contributed by atoms with Crippen LogP contribution >= 0.6 is 0 Å². The average molecular weight is 228 g/mol. The minimum absolute atomic E-state index is 0.346. The molecule has 0 aliphatic carbocycles. The number of fused-ring (bicyclic) bond motifs is 1. The van der Waals surface area contributed by atoms with E-state index in [2.05, 4.69) is 19.1 Å². The summed E-state index contributed by atoms with van der Waals surface area (Å²) >= 11 is 0. The zero-order chi connectivity index (χ0) is 12.3. The van der Waals surface area contributed by atoms with Crippen LogP contribution in [0.3, 0.4) is 0 Å². The second kappa shape index (κ2) is 5.00. The van der Waals surface area contributed by atoms with Crippen molar-refractivity contribution < 1.29 is 9.90 Å². The van der Waals surface area contributed by atoms with Crippen LogP contribution in [0.25, 0.3) is 10.8 Å². The Morgan fingerprint density at radius 1 is 1.12 bits per heavy atom. The van der Waals surface area contributed by atoms with Crippen molar-refractivity contribution in [2.24, 2.45) is 0 Å². The number of carboxylic acids is 1. The third-order valence-corrected chi connectivity index (χ3v) is 2.97. The van der Waals surface area contributed by atoms with Gasteiger partial charge in [0.05, 0.1) is 5.56 Å². The Hall–Kier alpha value is -1.83. The first kappa shape index (κ1) is 11.6. The Labute approximate surface area is 101 Å². The van der Waals surface area contributed by atoms with Gasteiger partial charge in [0.15, 0.2) is 0 Å². The Balaban J connectivity index is 2.36. The fourth-order valence-corrected chi connectivity index (χ4v) is 1.96. The summed E-state index contributed by atoms with van der Waals surface area (Å²) < 4.78 is 0. The number of hydrogen-bond acceptors (Lipinski definition) is 1. The van der Waals surface area contributed by atoms with Crippen molar-refractivity contribution in [1.29, 1.82) is 0 Å². The van der Waals surface area contributed by atoms with E-state index in [9.17, 15) is 4.79 Å². The van der Waals surface area contributed by atoms with Gasteiger partial charge in [-0.15, -0.1) is 0 Å². The first-order chi connectivity index (χ1) is 8.20. The molecular formula is C15H16O2. The van der Waals surface area contributed by atoms with Crippen LogP contribution in [0, 0.1) is 0 Å². The molecule has 0 radical (unpaired) electrons. The molecule has 0 aliphatic rings. The minimum atomic E-state index is -0.873. The van der Waals surface area contributed by atoms with E-state index in [1.54, 1.807) is 12.1 Å². The van der Waals surface area contributed by atoms with Crippen molar-refractivity contribution >= 4 is 16.7 Å². The molecule has 0 saturated carbocycles. The number of aryl methyl sites for hydroxylation is 1. The molecule has 0 heterocycles. The van der Waals surface area contributed by atoms with Crippen LogP contribution in [0.1, 0.15) is 35.7 Å². The van der Waals surface area contributed by atoms with Gasteiger partial charge in [-0.05, 0) is 41.3 Å². The van der Waals surface area contributed by atoms with Crippen LogP contribution in [0.15, 0.2) is 36.4 Å². The first-order valence-corrected chi connectivity index (χ1v) is 5.96. The Morgan fingerprint density at radius 2 is 1.82 bits per heavy atom. The van der Waals surface area contributed by atoms with Crippen LogP contribution in [0.5, 0.6) is 0 Å². The van der Waals surface area contributed by atoms with E-state index in [1.807, 2.05) is 12.1 Å². The third-order valence-electron chi connectivity index (χ3n) is 2.97. The number of unbranched alkanes of at least 4 members (excludes halogenated alkanes) is 1. The summed E-state index contributed by atoms with van der Waals surface area (Å²) in [7, 11) is 0. The quantitative estimate of drug-likeness (QED) is 0.862. The van der Waals surface area contributed by atoms with Crippen LogP contribution in [-0.4, -0.2) is 11.1 Å². The summed E-state index contributed by atoms with van der Waals surface area (Å²) in [6.07, 6.45) is 3.47. The van der Waals surface area contributed by atoms with Gasteiger partial charge >= 0.3 is 5.97 Å². The lowest BCUT2D eigenvalue weighted by Crippen LogP contribution is -1.95. The van der Waals surface area contributed by atoms with Gasteiger partial charge in [0.2, 0.25) is 0 Å². The summed E-state index contributed by atoms with van der Waals surface area (Å²) in [5.41, 5.74) is 1.67. The molecule has 2 nitrogen and oxygen atoms in total. The van der Waals surface area contributed by atoms with E-state index < -0.39 is 5.97 Å². The van der Waals surface area contributed by atoms with E-state index in [4.69, 9.17) is 5.11 Å². The lowest BCUT2D eigenvalue weighted by atomic mass is 10.0. The van der Waals surface area contributed by atoms with Gasteiger partial charge in [-0.25, -0.2) is 4.79 Å². The fraction of sp³-hybridized carbons (Fsp3) is 0.267. The van der Waals surface area contributed by atoms with Gasteiger partial charge in [-0.2, -0.15) is 0 Å². The lowest BCUT2D eigenvalue weighted by molar-refractivity contribution is 0.0697. The standard InChI is InChI=1S/C15H16O2/c1-2-3-4-11-5-6-13-10-14(15(16)17)8-7-12(13)9-11/h5-10H,2-4H2,1H3,(H,16,17). The number of rotatable bonds is 4. The molecule has 0 unspecified atom stereocenters. The van der Waals surface area contributed by atoms with Gasteiger partial charge in [0, 0.05) is 0 Å². The number of carboxylic acid groups (broad SMARTS) is 1. The van der Waals surface area contributed by atoms with E-state index >= 15 is 0 Å². The van der Waals surface area contributed by atoms with Crippen molar-refractivity contribution in [3.8, 4) is 0 Å². The second-order valence-electron chi connectivity index (χ2n) is 4.30. The topological polar surface area (TPSA) is 37.3 Å². The maximum Gasteiger partial charge on any atom is 0.335 e. The highest BCUT2D eigenvalue weighted by Crippen LogP contribution is 2.19. The van der Waals surface area contributed by atoms with Crippen LogP contribution in [0.2, 0.25) is 0 Å². The Morgan fingerprint density at radius 3 is 2.53 bits per heavy atom. The van der Waals surface area contributed by atoms with Crippen LogP contribution in [-0.2, 0) is 6.42 Å². The molecule has 0 bridgehead atoms. The van der Waals surface area contributed by atoms with Gasteiger partial charge in [0.25, 0.3) is 0 Å². The Bertz CT molecular complexity index is 544. The molecule has 1 N–H and O–H groups in total. The highest BCUT2D eigenvalue weighted by Gasteiger charge is 2.03. The normalized spacial score (nSPS) is 10.6. The molecule has 0 atom stereocenters. The third kappa shape index (κ3) is 2.64. The zero-order valence-corrected chi connectivity index (χ0v) is 9.94.